The summed E-state index contributed by atoms with van der Waals surface area (Å²) in [7, 11) is 1.61. The van der Waals surface area contributed by atoms with Crippen molar-refractivity contribution in [3.8, 4) is 17.1 Å². The fourth-order valence-electron chi connectivity index (χ4n) is 2.69. The van der Waals surface area contributed by atoms with Gasteiger partial charge in [0.2, 0.25) is 5.91 Å². The van der Waals surface area contributed by atoms with Gasteiger partial charge in [0, 0.05) is 17.8 Å². The summed E-state index contributed by atoms with van der Waals surface area (Å²) >= 11 is 1.26. The van der Waals surface area contributed by atoms with Crippen LogP contribution in [0.15, 0.2) is 53.7 Å². The van der Waals surface area contributed by atoms with E-state index in [-0.39, 0.29) is 17.2 Å². The smallest absolute Gasteiger partial charge is 0.234 e. The summed E-state index contributed by atoms with van der Waals surface area (Å²) in [4.78, 5) is 23.2. The fourth-order valence-corrected chi connectivity index (χ4v) is 3.49. The molecule has 0 radical (unpaired) electrons. The van der Waals surface area contributed by atoms with Crippen LogP contribution in [0.5, 0.6) is 5.75 Å². The normalized spacial score (nSPS) is 10.6. The number of amides is 1. The number of rotatable bonds is 8. The lowest BCUT2D eigenvalue weighted by molar-refractivity contribution is -0.255. The minimum absolute atomic E-state index is 0.00492. The third-order valence-corrected chi connectivity index (χ3v) is 5.06. The van der Waals surface area contributed by atoms with E-state index in [9.17, 15) is 14.7 Å². The van der Waals surface area contributed by atoms with Crippen molar-refractivity contribution in [1.82, 2.24) is 14.8 Å². The van der Waals surface area contributed by atoms with Crippen LogP contribution in [0, 0.1) is 0 Å². The summed E-state index contributed by atoms with van der Waals surface area (Å²) in [6.45, 7) is 2.62. The average molecular weight is 411 g/mol. The molecule has 1 aromatic heterocycles. The summed E-state index contributed by atoms with van der Waals surface area (Å²) in [6.07, 6.45) is 0. The van der Waals surface area contributed by atoms with Gasteiger partial charge in [0.05, 0.1) is 18.8 Å². The number of aromatic carboxylic acids is 1. The minimum atomic E-state index is -1.29. The van der Waals surface area contributed by atoms with Gasteiger partial charge in [-0.25, -0.2) is 0 Å². The van der Waals surface area contributed by atoms with Crippen LogP contribution in [-0.4, -0.2) is 39.5 Å². The van der Waals surface area contributed by atoms with Gasteiger partial charge in [-0.2, -0.15) is 0 Å². The van der Waals surface area contributed by atoms with E-state index < -0.39 is 5.97 Å². The quantitative estimate of drug-likeness (QED) is 0.565. The van der Waals surface area contributed by atoms with Gasteiger partial charge in [0.1, 0.15) is 5.75 Å². The molecule has 9 heteroatoms. The molecule has 0 aliphatic carbocycles. The number of hydrogen-bond donors (Lipinski definition) is 1. The molecule has 1 amide bonds. The Labute approximate surface area is 171 Å². The Morgan fingerprint density at radius 3 is 2.59 bits per heavy atom. The van der Waals surface area contributed by atoms with Crippen LogP contribution in [0.2, 0.25) is 0 Å². The molecular weight excluding hydrogens is 392 g/mol. The predicted octanol–water partition coefficient (Wildman–Crippen LogP) is 2.07. The Kier molecular flexibility index (Phi) is 6.50. The highest BCUT2D eigenvalue weighted by molar-refractivity contribution is 7.99. The Morgan fingerprint density at radius 1 is 1.17 bits per heavy atom. The lowest BCUT2D eigenvalue weighted by Gasteiger charge is -2.09. The lowest BCUT2D eigenvalue weighted by atomic mass is 10.2. The number of ether oxygens (including phenoxy) is 1. The summed E-state index contributed by atoms with van der Waals surface area (Å²) in [5, 5.41) is 22.7. The van der Waals surface area contributed by atoms with E-state index in [2.05, 4.69) is 15.5 Å². The number of thioether (sulfide) groups is 1. The van der Waals surface area contributed by atoms with Crippen LogP contribution in [0.4, 0.5) is 5.69 Å². The first-order chi connectivity index (χ1) is 14.0. The van der Waals surface area contributed by atoms with Crippen LogP contribution in [0.1, 0.15) is 17.3 Å². The largest absolute Gasteiger partial charge is 0.545 e. The number of carboxylic acid groups (broad SMARTS) is 1. The van der Waals surface area contributed by atoms with E-state index in [1.165, 1.54) is 23.9 Å². The maximum atomic E-state index is 12.2. The van der Waals surface area contributed by atoms with Crippen molar-refractivity contribution in [2.45, 2.75) is 18.6 Å². The van der Waals surface area contributed by atoms with Crippen molar-refractivity contribution < 1.29 is 19.4 Å². The molecule has 0 bridgehead atoms. The molecular formula is C20H19N4O4S-. The van der Waals surface area contributed by atoms with Gasteiger partial charge in [0.15, 0.2) is 11.0 Å². The number of nitrogens with one attached hydrogen (secondary N) is 1. The molecule has 29 heavy (non-hydrogen) atoms. The molecule has 1 N–H and O–H groups in total. The van der Waals surface area contributed by atoms with Crippen LogP contribution < -0.4 is 15.2 Å². The van der Waals surface area contributed by atoms with Crippen molar-refractivity contribution >= 4 is 29.3 Å². The molecule has 0 unspecified atom stereocenters. The van der Waals surface area contributed by atoms with E-state index in [1.807, 2.05) is 35.8 Å². The van der Waals surface area contributed by atoms with Gasteiger partial charge in [-0.3, -0.25) is 4.79 Å². The summed E-state index contributed by atoms with van der Waals surface area (Å²) in [5.74, 6) is 0.000754. The molecule has 0 saturated heterocycles. The van der Waals surface area contributed by atoms with Gasteiger partial charge in [0.25, 0.3) is 0 Å². The van der Waals surface area contributed by atoms with Crippen LogP contribution in [-0.2, 0) is 11.3 Å². The molecule has 150 valence electrons. The molecule has 0 saturated carbocycles. The molecule has 0 atom stereocenters. The molecule has 1 heterocycles. The Balaban J connectivity index is 1.67. The number of benzene rings is 2. The SMILES string of the molecule is CCn1c(SCC(=O)Nc2cccc(C(=O)[O-])c2)nnc1-c1ccc(OC)cc1. The Bertz CT molecular complexity index is 1020. The fraction of sp³-hybridized carbons (Fsp3) is 0.200. The monoisotopic (exact) mass is 411 g/mol. The number of hydrogen-bond acceptors (Lipinski definition) is 7. The summed E-state index contributed by atoms with van der Waals surface area (Å²) in [6, 6.07) is 13.4. The maximum absolute atomic E-state index is 12.2. The topological polar surface area (TPSA) is 109 Å². The first-order valence-corrected chi connectivity index (χ1v) is 9.82. The Hall–Kier alpha value is -3.33. The summed E-state index contributed by atoms with van der Waals surface area (Å²) in [5.41, 5.74) is 1.30. The van der Waals surface area contributed by atoms with Gasteiger partial charge in [-0.15, -0.1) is 10.2 Å². The second kappa shape index (κ2) is 9.24. The molecule has 0 aliphatic heterocycles. The highest BCUT2D eigenvalue weighted by atomic mass is 32.2. The summed E-state index contributed by atoms with van der Waals surface area (Å²) < 4.78 is 7.10. The van der Waals surface area contributed by atoms with E-state index in [0.29, 0.717) is 23.2 Å². The molecule has 3 rings (SSSR count). The van der Waals surface area contributed by atoms with Crippen LogP contribution in [0.25, 0.3) is 11.4 Å². The molecule has 3 aromatic rings. The van der Waals surface area contributed by atoms with Crippen molar-refractivity contribution in [3.05, 3.63) is 54.1 Å². The zero-order valence-corrected chi connectivity index (χ0v) is 16.7. The first-order valence-electron chi connectivity index (χ1n) is 8.83. The minimum Gasteiger partial charge on any atom is -0.545 e. The highest BCUT2D eigenvalue weighted by Gasteiger charge is 2.15. The first kappa shape index (κ1) is 20.4. The molecule has 8 nitrogen and oxygen atoms in total. The molecule has 0 spiro atoms. The van der Waals surface area contributed by atoms with Crippen molar-refractivity contribution in [1.29, 1.82) is 0 Å². The van der Waals surface area contributed by atoms with E-state index in [0.717, 1.165) is 11.3 Å². The zero-order valence-electron chi connectivity index (χ0n) is 15.9. The van der Waals surface area contributed by atoms with E-state index in [4.69, 9.17) is 4.74 Å². The second-order valence-corrected chi connectivity index (χ2v) is 6.93. The van der Waals surface area contributed by atoms with Crippen LogP contribution >= 0.6 is 11.8 Å². The lowest BCUT2D eigenvalue weighted by Crippen LogP contribution is -2.22. The van der Waals surface area contributed by atoms with Gasteiger partial charge in [-0.1, -0.05) is 23.9 Å². The number of carbonyl (C=O) groups excluding carboxylic acids is 2. The van der Waals surface area contributed by atoms with Crippen molar-refractivity contribution in [2.24, 2.45) is 0 Å². The molecule has 2 aromatic carbocycles. The number of carbonyl (C=O) groups is 2. The average Bonchev–Trinajstić information content (AvgIpc) is 3.15. The number of methoxy groups -OCH3 is 1. The number of nitrogens with zero attached hydrogens (tertiary/aromatic N) is 3. The van der Waals surface area contributed by atoms with Gasteiger partial charge >= 0.3 is 0 Å². The van der Waals surface area contributed by atoms with Crippen molar-refractivity contribution in [3.63, 3.8) is 0 Å². The van der Waals surface area contributed by atoms with E-state index in [1.54, 1.807) is 19.2 Å². The zero-order chi connectivity index (χ0) is 20.8. The van der Waals surface area contributed by atoms with Gasteiger partial charge < -0.3 is 24.5 Å². The van der Waals surface area contributed by atoms with Crippen LogP contribution in [0.3, 0.4) is 0 Å². The highest BCUT2D eigenvalue weighted by Crippen LogP contribution is 2.25. The predicted molar refractivity (Wildman–Crippen MR) is 108 cm³/mol. The third kappa shape index (κ3) is 4.94. The molecule has 0 aliphatic rings. The molecule has 0 fully saturated rings. The third-order valence-electron chi connectivity index (χ3n) is 4.10. The van der Waals surface area contributed by atoms with Crippen molar-refractivity contribution in [2.75, 3.05) is 18.2 Å². The number of anilines is 1. The maximum Gasteiger partial charge on any atom is 0.234 e. The second-order valence-electron chi connectivity index (χ2n) is 5.98. The van der Waals surface area contributed by atoms with Gasteiger partial charge in [-0.05, 0) is 48.9 Å². The number of aromatic nitrogens is 3. The van der Waals surface area contributed by atoms with E-state index >= 15 is 0 Å². The number of carboxylic acids is 1. The standard InChI is InChI=1S/C20H20N4O4S/c1-3-24-18(13-7-9-16(28-2)10-8-13)22-23-20(24)29-12-17(25)21-15-6-4-5-14(11-15)19(26)27/h4-11H,3,12H2,1-2H3,(H,21,25)(H,26,27)/p-1. The Morgan fingerprint density at radius 2 is 1.93 bits per heavy atom.